The molecular formula is C12H17NO. The highest BCUT2D eigenvalue weighted by molar-refractivity contribution is 5.30. The van der Waals surface area contributed by atoms with Crippen LogP contribution in [0.25, 0.3) is 0 Å². The van der Waals surface area contributed by atoms with Gasteiger partial charge in [0.1, 0.15) is 5.76 Å². The quantitative estimate of drug-likeness (QED) is 0.776. The fourth-order valence-corrected chi connectivity index (χ4v) is 2.97. The maximum atomic E-state index is 5.66. The van der Waals surface area contributed by atoms with Crippen molar-refractivity contribution in [2.75, 3.05) is 13.6 Å². The van der Waals surface area contributed by atoms with Gasteiger partial charge in [0.25, 0.3) is 0 Å². The maximum Gasteiger partial charge on any atom is 0.111 e. The summed E-state index contributed by atoms with van der Waals surface area (Å²) in [5.74, 6) is 1.90. The predicted molar refractivity (Wildman–Crippen MR) is 55.4 cm³/mol. The Morgan fingerprint density at radius 2 is 2.36 bits per heavy atom. The molecule has 2 aliphatic carbocycles. The highest BCUT2D eigenvalue weighted by Gasteiger charge is 2.52. The normalized spacial score (nSPS) is 27.6. The van der Waals surface area contributed by atoms with Crippen molar-refractivity contribution in [3.05, 3.63) is 23.7 Å². The molecule has 14 heavy (non-hydrogen) atoms. The molecule has 0 amide bonds. The van der Waals surface area contributed by atoms with E-state index >= 15 is 0 Å². The van der Waals surface area contributed by atoms with Gasteiger partial charge in [-0.3, -0.25) is 0 Å². The number of nitrogens with one attached hydrogen (secondary N) is 1. The average molecular weight is 191 g/mol. The van der Waals surface area contributed by atoms with Crippen LogP contribution in [0.1, 0.15) is 36.5 Å². The molecule has 1 N–H and O–H groups in total. The van der Waals surface area contributed by atoms with Gasteiger partial charge >= 0.3 is 0 Å². The van der Waals surface area contributed by atoms with Crippen molar-refractivity contribution in [1.29, 1.82) is 0 Å². The van der Waals surface area contributed by atoms with Gasteiger partial charge in [-0.05, 0) is 49.8 Å². The summed E-state index contributed by atoms with van der Waals surface area (Å²) in [4.78, 5) is 0. The van der Waals surface area contributed by atoms with E-state index in [-0.39, 0.29) is 0 Å². The van der Waals surface area contributed by atoms with Crippen LogP contribution < -0.4 is 5.32 Å². The third-order valence-electron chi connectivity index (χ3n) is 4.03. The van der Waals surface area contributed by atoms with Crippen LogP contribution in [0.15, 0.2) is 16.7 Å². The zero-order valence-corrected chi connectivity index (χ0v) is 8.68. The Bertz CT molecular complexity index is 338. The van der Waals surface area contributed by atoms with Crippen LogP contribution in [-0.4, -0.2) is 13.6 Å². The lowest BCUT2D eigenvalue weighted by molar-refractivity contribution is 0.290. The molecule has 0 aromatic carbocycles. The number of hydrogen-bond donors (Lipinski definition) is 1. The Balaban J connectivity index is 1.97. The molecule has 0 saturated heterocycles. The van der Waals surface area contributed by atoms with Gasteiger partial charge in [-0.15, -0.1) is 0 Å². The molecule has 1 heterocycles. The van der Waals surface area contributed by atoms with E-state index < -0.39 is 0 Å². The summed E-state index contributed by atoms with van der Waals surface area (Å²) in [6.45, 7) is 1.07. The molecule has 2 aliphatic rings. The lowest BCUT2D eigenvalue weighted by Gasteiger charge is -2.30. The van der Waals surface area contributed by atoms with E-state index in [4.69, 9.17) is 4.42 Å². The van der Waals surface area contributed by atoms with Crippen molar-refractivity contribution in [3.63, 3.8) is 0 Å². The summed E-state index contributed by atoms with van der Waals surface area (Å²) in [6.07, 6.45) is 7.26. The minimum absolute atomic E-state index is 0.605. The average Bonchev–Trinajstić information content (AvgIpc) is 2.79. The zero-order valence-electron chi connectivity index (χ0n) is 8.68. The minimum atomic E-state index is 0.605. The summed E-state index contributed by atoms with van der Waals surface area (Å²) in [5, 5.41) is 3.30. The molecule has 2 heteroatoms. The van der Waals surface area contributed by atoms with Gasteiger partial charge in [-0.25, -0.2) is 0 Å². The largest absolute Gasteiger partial charge is 0.469 e. The van der Waals surface area contributed by atoms with Gasteiger partial charge in [-0.1, -0.05) is 0 Å². The Morgan fingerprint density at radius 1 is 1.50 bits per heavy atom. The number of hydrogen-bond acceptors (Lipinski definition) is 2. The Kier molecular flexibility index (Phi) is 1.75. The van der Waals surface area contributed by atoms with E-state index in [0.717, 1.165) is 6.54 Å². The molecule has 0 aliphatic heterocycles. The van der Waals surface area contributed by atoms with Gasteiger partial charge < -0.3 is 9.73 Å². The molecule has 1 aromatic heterocycles. The topological polar surface area (TPSA) is 25.2 Å². The van der Waals surface area contributed by atoms with Crippen molar-refractivity contribution >= 4 is 0 Å². The summed E-state index contributed by atoms with van der Waals surface area (Å²) >= 11 is 0. The van der Waals surface area contributed by atoms with Crippen LogP contribution in [0, 0.1) is 5.41 Å². The van der Waals surface area contributed by atoms with E-state index in [1.165, 1.54) is 37.0 Å². The lowest BCUT2D eigenvalue weighted by atomic mass is 9.76. The predicted octanol–water partition coefficient (Wildman–Crippen LogP) is 2.31. The standard InChI is InChI=1S/C12H17NO/c1-13-8-10-11-9(3-7-14-11)2-4-12(10)5-6-12/h3,7,10,13H,2,4-6,8H2,1H3. The summed E-state index contributed by atoms with van der Waals surface area (Å²) < 4.78 is 5.66. The van der Waals surface area contributed by atoms with Gasteiger partial charge in [0.05, 0.1) is 6.26 Å². The Labute approximate surface area is 84.7 Å². The van der Waals surface area contributed by atoms with Crippen molar-refractivity contribution in [2.24, 2.45) is 5.41 Å². The summed E-state index contributed by atoms with van der Waals surface area (Å²) in [5.41, 5.74) is 2.05. The van der Waals surface area contributed by atoms with Crippen molar-refractivity contribution in [2.45, 2.75) is 31.6 Å². The number of furan rings is 1. The molecule has 76 valence electrons. The van der Waals surface area contributed by atoms with Crippen molar-refractivity contribution in [3.8, 4) is 0 Å². The lowest BCUT2D eigenvalue weighted by Crippen LogP contribution is -2.29. The second kappa shape index (κ2) is 2.86. The minimum Gasteiger partial charge on any atom is -0.469 e. The molecule has 3 rings (SSSR count). The van der Waals surface area contributed by atoms with Crippen molar-refractivity contribution < 1.29 is 4.42 Å². The molecule has 1 unspecified atom stereocenters. The number of rotatable bonds is 2. The van der Waals surface area contributed by atoms with E-state index in [1.54, 1.807) is 0 Å². The van der Waals surface area contributed by atoms with Crippen LogP contribution in [0.5, 0.6) is 0 Å². The van der Waals surface area contributed by atoms with E-state index in [2.05, 4.69) is 11.4 Å². The second-order valence-electron chi connectivity index (χ2n) is 4.78. The monoisotopic (exact) mass is 191 g/mol. The summed E-state index contributed by atoms with van der Waals surface area (Å²) in [6, 6.07) is 2.15. The first-order valence-electron chi connectivity index (χ1n) is 5.57. The molecule has 1 aromatic rings. The van der Waals surface area contributed by atoms with Gasteiger partial charge in [0.2, 0.25) is 0 Å². The SMILES string of the molecule is CNCC1c2occc2CCC12CC2. The molecule has 2 nitrogen and oxygen atoms in total. The van der Waals surface area contributed by atoms with Crippen LogP contribution in [0.4, 0.5) is 0 Å². The maximum absolute atomic E-state index is 5.66. The van der Waals surface area contributed by atoms with Gasteiger partial charge in [-0.2, -0.15) is 0 Å². The van der Waals surface area contributed by atoms with Crippen LogP contribution in [0.2, 0.25) is 0 Å². The van der Waals surface area contributed by atoms with Crippen LogP contribution in [-0.2, 0) is 6.42 Å². The molecule has 1 saturated carbocycles. The van der Waals surface area contributed by atoms with Crippen molar-refractivity contribution in [1.82, 2.24) is 5.32 Å². The Morgan fingerprint density at radius 3 is 3.07 bits per heavy atom. The number of likely N-dealkylation sites (N-methyl/N-ethyl adjacent to an activating group) is 1. The number of fused-ring (bicyclic) bond motifs is 1. The molecule has 1 spiro atoms. The molecule has 1 fully saturated rings. The first-order valence-corrected chi connectivity index (χ1v) is 5.57. The van der Waals surface area contributed by atoms with E-state index in [9.17, 15) is 0 Å². The van der Waals surface area contributed by atoms with Crippen LogP contribution in [0.3, 0.4) is 0 Å². The smallest absolute Gasteiger partial charge is 0.111 e. The molecule has 0 radical (unpaired) electrons. The third kappa shape index (κ3) is 1.07. The van der Waals surface area contributed by atoms with E-state index in [0.29, 0.717) is 11.3 Å². The fraction of sp³-hybridized carbons (Fsp3) is 0.667. The first-order chi connectivity index (χ1) is 6.86. The molecular weight excluding hydrogens is 174 g/mol. The van der Waals surface area contributed by atoms with Crippen LogP contribution >= 0.6 is 0 Å². The van der Waals surface area contributed by atoms with Gasteiger partial charge in [0.15, 0.2) is 0 Å². The number of aryl methyl sites for hydroxylation is 1. The summed E-state index contributed by atoms with van der Waals surface area (Å²) in [7, 11) is 2.04. The van der Waals surface area contributed by atoms with Gasteiger partial charge in [0, 0.05) is 12.5 Å². The zero-order chi connectivity index (χ0) is 9.60. The van der Waals surface area contributed by atoms with E-state index in [1.807, 2.05) is 13.3 Å². The molecule has 0 bridgehead atoms. The highest BCUT2D eigenvalue weighted by Crippen LogP contribution is 2.61. The third-order valence-corrected chi connectivity index (χ3v) is 4.03. The molecule has 1 atom stereocenters. The first kappa shape index (κ1) is 8.54. The highest BCUT2D eigenvalue weighted by atomic mass is 16.3. The fourth-order valence-electron chi connectivity index (χ4n) is 2.97. The second-order valence-corrected chi connectivity index (χ2v) is 4.78. The Hall–Kier alpha value is -0.760.